The number of halogens is 1. The molecule has 1 amide bonds. The van der Waals surface area contributed by atoms with Crippen molar-refractivity contribution < 1.29 is 9.18 Å². The zero-order chi connectivity index (χ0) is 14.9. The van der Waals surface area contributed by atoms with Gasteiger partial charge in [-0.1, -0.05) is 17.7 Å². The standard InChI is InChI=1S/C16H17FN2O/c1-9-6-10(2)15(11(3)7-9)19-16(20)13-8-12(17)4-5-14(13)18/h4-8H,18H2,1-3H3,(H,19,20). The number of nitrogens with one attached hydrogen (secondary N) is 1. The van der Waals surface area contributed by atoms with E-state index in [1.807, 2.05) is 32.9 Å². The Bertz CT molecular complexity index is 657. The van der Waals surface area contributed by atoms with Gasteiger partial charge in [0.05, 0.1) is 5.56 Å². The molecule has 0 aliphatic carbocycles. The molecule has 0 spiro atoms. The minimum Gasteiger partial charge on any atom is -0.398 e. The molecule has 20 heavy (non-hydrogen) atoms. The van der Waals surface area contributed by atoms with Crippen LogP contribution in [-0.2, 0) is 0 Å². The fraction of sp³-hybridized carbons (Fsp3) is 0.188. The molecule has 0 bridgehead atoms. The maximum atomic E-state index is 13.2. The van der Waals surface area contributed by atoms with Crippen molar-refractivity contribution in [1.82, 2.24) is 0 Å². The quantitative estimate of drug-likeness (QED) is 0.821. The lowest BCUT2D eigenvalue weighted by molar-refractivity contribution is 0.102. The van der Waals surface area contributed by atoms with Crippen LogP contribution in [0.4, 0.5) is 15.8 Å². The molecule has 0 aliphatic heterocycles. The summed E-state index contributed by atoms with van der Waals surface area (Å²) in [7, 11) is 0. The lowest BCUT2D eigenvalue weighted by Crippen LogP contribution is -2.16. The Morgan fingerprint density at radius 2 is 1.70 bits per heavy atom. The summed E-state index contributed by atoms with van der Waals surface area (Å²) in [4.78, 5) is 12.2. The maximum Gasteiger partial charge on any atom is 0.257 e. The first-order valence-corrected chi connectivity index (χ1v) is 6.32. The molecular weight excluding hydrogens is 255 g/mol. The molecule has 2 rings (SSSR count). The normalized spacial score (nSPS) is 10.4. The SMILES string of the molecule is Cc1cc(C)c(NC(=O)c2cc(F)ccc2N)c(C)c1. The van der Waals surface area contributed by atoms with Crippen LogP contribution < -0.4 is 11.1 Å². The van der Waals surface area contributed by atoms with Crippen LogP contribution in [0, 0.1) is 26.6 Å². The van der Waals surface area contributed by atoms with Gasteiger partial charge >= 0.3 is 0 Å². The molecule has 0 fully saturated rings. The third kappa shape index (κ3) is 2.79. The van der Waals surface area contributed by atoms with E-state index in [1.165, 1.54) is 12.1 Å². The number of amides is 1. The van der Waals surface area contributed by atoms with E-state index in [9.17, 15) is 9.18 Å². The van der Waals surface area contributed by atoms with Crippen LogP contribution in [0.2, 0.25) is 0 Å². The van der Waals surface area contributed by atoms with Crippen molar-refractivity contribution >= 4 is 17.3 Å². The van der Waals surface area contributed by atoms with Crippen LogP contribution in [0.1, 0.15) is 27.0 Å². The second kappa shape index (κ2) is 5.33. The number of carbonyl (C=O) groups is 1. The summed E-state index contributed by atoms with van der Waals surface area (Å²) in [6, 6.07) is 7.73. The Morgan fingerprint density at radius 1 is 1.10 bits per heavy atom. The van der Waals surface area contributed by atoms with Crippen LogP contribution in [0.25, 0.3) is 0 Å². The molecule has 4 heteroatoms. The predicted molar refractivity (Wildman–Crippen MR) is 79.4 cm³/mol. The van der Waals surface area contributed by atoms with Crippen molar-refractivity contribution in [2.24, 2.45) is 0 Å². The molecule has 0 aliphatic rings. The van der Waals surface area contributed by atoms with E-state index < -0.39 is 11.7 Å². The van der Waals surface area contributed by atoms with E-state index >= 15 is 0 Å². The number of nitrogens with two attached hydrogens (primary N) is 1. The maximum absolute atomic E-state index is 13.2. The first kappa shape index (κ1) is 14.1. The molecule has 104 valence electrons. The van der Waals surface area contributed by atoms with E-state index in [2.05, 4.69) is 5.32 Å². The van der Waals surface area contributed by atoms with Gasteiger partial charge in [0.1, 0.15) is 5.82 Å². The summed E-state index contributed by atoms with van der Waals surface area (Å²) in [6.45, 7) is 5.84. The molecule has 2 aromatic carbocycles. The average molecular weight is 272 g/mol. The largest absolute Gasteiger partial charge is 0.398 e. The van der Waals surface area contributed by atoms with Gasteiger partial charge in [0.15, 0.2) is 0 Å². The molecular formula is C16H17FN2O. The minimum atomic E-state index is -0.485. The van der Waals surface area contributed by atoms with Crippen molar-refractivity contribution in [3.8, 4) is 0 Å². The fourth-order valence-corrected chi connectivity index (χ4v) is 2.28. The Hall–Kier alpha value is -2.36. The highest BCUT2D eigenvalue weighted by molar-refractivity contribution is 6.08. The zero-order valence-electron chi connectivity index (χ0n) is 11.8. The van der Waals surface area contributed by atoms with E-state index in [0.29, 0.717) is 0 Å². The van der Waals surface area contributed by atoms with Crippen LogP contribution in [0.3, 0.4) is 0 Å². The lowest BCUT2D eigenvalue weighted by Gasteiger charge is -2.13. The fourth-order valence-electron chi connectivity index (χ4n) is 2.28. The molecule has 0 saturated heterocycles. The first-order valence-electron chi connectivity index (χ1n) is 6.32. The molecule has 0 atom stereocenters. The predicted octanol–water partition coefficient (Wildman–Crippen LogP) is 3.59. The average Bonchev–Trinajstić information content (AvgIpc) is 2.36. The number of aryl methyl sites for hydroxylation is 3. The summed E-state index contributed by atoms with van der Waals surface area (Å²) >= 11 is 0. The van der Waals surface area contributed by atoms with Crippen molar-refractivity contribution in [2.75, 3.05) is 11.1 Å². The second-order valence-electron chi connectivity index (χ2n) is 4.96. The van der Waals surface area contributed by atoms with Crippen LogP contribution in [0.5, 0.6) is 0 Å². The third-order valence-corrected chi connectivity index (χ3v) is 3.18. The molecule has 2 aromatic rings. The number of hydrogen-bond acceptors (Lipinski definition) is 2. The van der Waals surface area contributed by atoms with Crippen molar-refractivity contribution in [2.45, 2.75) is 20.8 Å². The van der Waals surface area contributed by atoms with E-state index in [4.69, 9.17) is 5.73 Å². The Balaban J connectivity index is 2.35. The van der Waals surface area contributed by atoms with Crippen molar-refractivity contribution in [3.05, 3.63) is 58.4 Å². The van der Waals surface area contributed by atoms with Gasteiger partial charge in [-0.15, -0.1) is 0 Å². The van der Waals surface area contributed by atoms with Crippen LogP contribution >= 0.6 is 0 Å². The molecule has 0 aromatic heterocycles. The summed E-state index contributed by atoms with van der Waals surface area (Å²) in [5.41, 5.74) is 9.91. The summed E-state index contributed by atoms with van der Waals surface area (Å²) < 4.78 is 13.2. The summed E-state index contributed by atoms with van der Waals surface area (Å²) in [5, 5.41) is 2.80. The number of rotatable bonds is 2. The van der Waals surface area contributed by atoms with Crippen molar-refractivity contribution in [1.29, 1.82) is 0 Å². The minimum absolute atomic E-state index is 0.143. The van der Waals surface area contributed by atoms with Gasteiger partial charge in [0.25, 0.3) is 5.91 Å². The van der Waals surface area contributed by atoms with E-state index in [0.717, 1.165) is 28.4 Å². The number of anilines is 2. The van der Waals surface area contributed by atoms with E-state index in [-0.39, 0.29) is 11.3 Å². The number of benzene rings is 2. The van der Waals surface area contributed by atoms with Crippen LogP contribution in [0.15, 0.2) is 30.3 Å². The highest BCUT2D eigenvalue weighted by Crippen LogP contribution is 2.23. The zero-order valence-corrected chi connectivity index (χ0v) is 11.8. The van der Waals surface area contributed by atoms with Gasteiger partial charge in [0, 0.05) is 11.4 Å². The third-order valence-electron chi connectivity index (χ3n) is 3.18. The molecule has 0 saturated carbocycles. The number of nitrogen functional groups attached to an aromatic ring is 1. The summed E-state index contributed by atoms with van der Waals surface area (Å²) in [6.07, 6.45) is 0. The van der Waals surface area contributed by atoms with E-state index in [1.54, 1.807) is 0 Å². The number of hydrogen-bond donors (Lipinski definition) is 2. The molecule has 0 unspecified atom stereocenters. The Morgan fingerprint density at radius 3 is 2.30 bits per heavy atom. The van der Waals surface area contributed by atoms with Crippen molar-refractivity contribution in [3.63, 3.8) is 0 Å². The molecule has 3 N–H and O–H groups in total. The van der Waals surface area contributed by atoms with Gasteiger partial charge in [-0.2, -0.15) is 0 Å². The highest BCUT2D eigenvalue weighted by atomic mass is 19.1. The summed E-state index contributed by atoms with van der Waals surface area (Å²) in [5.74, 6) is -0.890. The molecule has 0 heterocycles. The molecule has 0 radical (unpaired) electrons. The van der Waals surface area contributed by atoms with Crippen LogP contribution in [-0.4, -0.2) is 5.91 Å². The topological polar surface area (TPSA) is 55.1 Å². The monoisotopic (exact) mass is 272 g/mol. The number of carbonyl (C=O) groups excluding carboxylic acids is 1. The highest BCUT2D eigenvalue weighted by Gasteiger charge is 2.13. The first-order chi connectivity index (χ1) is 9.38. The van der Waals surface area contributed by atoms with Gasteiger partial charge in [-0.25, -0.2) is 4.39 Å². The van der Waals surface area contributed by atoms with Gasteiger partial charge in [-0.3, -0.25) is 4.79 Å². The Labute approximate surface area is 117 Å². The Kier molecular flexibility index (Phi) is 3.74. The van der Waals surface area contributed by atoms with Gasteiger partial charge in [-0.05, 0) is 50.1 Å². The van der Waals surface area contributed by atoms with Gasteiger partial charge in [0.2, 0.25) is 0 Å². The smallest absolute Gasteiger partial charge is 0.257 e. The van der Waals surface area contributed by atoms with Gasteiger partial charge < -0.3 is 11.1 Å². The molecule has 3 nitrogen and oxygen atoms in total. The lowest BCUT2D eigenvalue weighted by atomic mass is 10.0. The second-order valence-corrected chi connectivity index (χ2v) is 4.96.